The lowest BCUT2D eigenvalue weighted by molar-refractivity contribution is -0.146. The fourth-order valence-corrected chi connectivity index (χ4v) is 6.35. The van der Waals surface area contributed by atoms with Crippen molar-refractivity contribution in [3.05, 3.63) is 89.4 Å². The minimum atomic E-state index is -1.62. The molecule has 1 N–H and O–H groups in total. The van der Waals surface area contributed by atoms with Crippen molar-refractivity contribution in [3.63, 3.8) is 0 Å². The first-order chi connectivity index (χ1) is 19.4. The number of hydrogen-bond donors (Lipinski definition) is 1. The maximum atomic E-state index is 15.5. The van der Waals surface area contributed by atoms with Gasteiger partial charge in [0, 0.05) is 11.0 Å². The molecular weight excluding hydrogens is 541 g/mol. The van der Waals surface area contributed by atoms with Crippen LogP contribution < -0.4 is 0 Å². The van der Waals surface area contributed by atoms with E-state index in [4.69, 9.17) is 9.72 Å². The van der Waals surface area contributed by atoms with E-state index in [2.05, 4.69) is 17.1 Å². The zero-order valence-corrected chi connectivity index (χ0v) is 24.1. The monoisotopic (exact) mass is 571 g/mol. The Kier molecular flexibility index (Phi) is 6.26. The lowest BCUT2D eigenvalue weighted by Crippen LogP contribution is -2.52. The minimum Gasteiger partial charge on any atom is -0.479 e. The number of fused-ring (bicyclic) bond motifs is 1. The van der Waals surface area contributed by atoms with Crippen LogP contribution >= 0.6 is 11.3 Å². The van der Waals surface area contributed by atoms with Crippen molar-refractivity contribution < 1.29 is 23.8 Å². The molecule has 3 heterocycles. The van der Waals surface area contributed by atoms with E-state index in [1.54, 1.807) is 32.9 Å². The van der Waals surface area contributed by atoms with Crippen molar-refractivity contribution in [3.8, 4) is 10.6 Å². The van der Waals surface area contributed by atoms with Crippen LogP contribution in [0.4, 0.5) is 9.18 Å². The molecule has 6 rings (SSSR count). The number of ether oxygens (including phenoxy) is 1. The number of pyridine rings is 1. The summed E-state index contributed by atoms with van der Waals surface area (Å²) < 4.78 is 21.0. The van der Waals surface area contributed by atoms with Gasteiger partial charge in [-0.3, -0.25) is 4.90 Å². The molecule has 9 heteroatoms. The van der Waals surface area contributed by atoms with E-state index in [1.807, 2.05) is 30.3 Å². The first kappa shape index (κ1) is 27.1. The quantitative estimate of drug-likeness (QED) is 0.276. The van der Waals surface area contributed by atoms with Gasteiger partial charge in [0.05, 0.1) is 12.2 Å². The van der Waals surface area contributed by atoms with Gasteiger partial charge < -0.3 is 9.84 Å². The number of carboxylic acid groups (broad SMARTS) is 1. The number of amides is 1. The molecule has 210 valence electrons. The predicted octanol–water partition coefficient (Wildman–Crippen LogP) is 7.05. The van der Waals surface area contributed by atoms with E-state index in [-0.39, 0.29) is 12.0 Å². The van der Waals surface area contributed by atoms with Gasteiger partial charge >= 0.3 is 12.1 Å². The number of nitrogens with zero attached hydrogens (tertiary/aromatic N) is 3. The first-order valence-corrected chi connectivity index (χ1v) is 14.3. The molecule has 0 radical (unpaired) electrons. The van der Waals surface area contributed by atoms with Crippen LogP contribution in [0.15, 0.2) is 66.7 Å². The molecule has 7 nitrogen and oxygen atoms in total. The van der Waals surface area contributed by atoms with Crippen LogP contribution in [0.2, 0.25) is 0 Å². The van der Waals surface area contributed by atoms with E-state index in [9.17, 15) is 14.7 Å². The summed E-state index contributed by atoms with van der Waals surface area (Å²) in [7, 11) is 0. The molecule has 0 saturated heterocycles. The molecule has 1 fully saturated rings. The smallest absolute Gasteiger partial charge is 0.411 e. The largest absolute Gasteiger partial charge is 0.479 e. The van der Waals surface area contributed by atoms with Crippen molar-refractivity contribution in [1.82, 2.24) is 14.9 Å². The van der Waals surface area contributed by atoms with Crippen LogP contribution in [0.1, 0.15) is 57.4 Å². The zero-order valence-electron chi connectivity index (χ0n) is 23.3. The fraction of sp³-hybridized carbons (Fsp3) is 0.312. The summed E-state index contributed by atoms with van der Waals surface area (Å²) in [5.74, 6) is -1.68. The number of aromatic nitrogens is 2. The SMILES string of the molecule is CC(C)(C)OC(=O)N1CC(c2ccc(-c3nc4ccc(C5(c6ccccc6)CC5)nc4s3)c(F)c2)=C[C@@]1(C)C(=O)O. The van der Waals surface area contributed by atoms with Crippen molar-refractivity contribution in [2.45, 2.75) is 57.1 Å². The topological polar surface area (TPSA) is 92.6 Å². The Hall–Kier alpha value is -4.11. The Balaban J connectivity index is 1.29. The molecule has 1 atom stereocenters. The highest BCUT2D eigenvalue weighted by atomic mass is 32.1. The molecule has 1 saturated carbocycles. The number of rotatable bonds is 5. The number of aliphatic carboxylic acids is 1. The fourth-order valence-electron chi connectivity index (χ4n) is 5.38. The molecule has 1 aliphatic carbocycles. The van der Waals surface area contributed by atoms with Crippen LogP contribution in [0.5, 0.6) is 0 Å². The highest BCUT2D eigenvalue weighted by molar-refractivity contribution is 7.21. The summed E-state index contributed by atoms with van der Waals surface area (Å²) in [6.45, 7) is 6.56. The van der Waals surface area contributed by atoms with E-state index >= 15 is 4.39 Å². The Bertz CT molecular complexity index is 1720. The van der Waals surface area contributed by atoms with Crippen molar-refractivity contribution in [1.29, 1.82) is 0 Å². The Morgan fingerprint density at radius 3 is 2.41 bits per heavy atom. The van der Waals surface area contributed by atoms with E-state index in [0.29, 0.717) is 27.2 Å². The minimum absolute atomic E-state index is 0.0203. The Labute approximate surface area is 241 Å². The lowest BCUT2D eigenvalue weighted by atomic mass is 9.92. The van der Waals surface area contributed by atoms with Crippen LogP contribution in [-0.4, -0.2) is 49.7 Å². The average Bonchev–Trinajstić information content (AvgIpc) is 3.49. The number of carboxylic acids is 1. The average molecular weight is 572 g/mol. The second-order valence-electron chi connectivity index (χ2n) is 11.9. The summed E-state index contributed by atoms with van der Waals surface area (Å²) in [5, 5.41) is 10.4. The summed E-state index contributed by atoms with van der Waals surface area (Å²) in [6, 6.07) is 19.1. The molecule has 2 aromatic heterocycles. The molecule has 1 aliphatic heterocycles. The molecule has 0 bridgehead atoms. The number of carbonyl (C=O) groups excluding carboxylic acids is 1. The second-order valence-corrected chi connectivity index (χ2v) is 12.8. The summed E-state index contributed by atoms with van der Waals surface area (Å²) >= 11 is 1.35. The number of hydrogen-bond acceptors (Lipinski definition) is 6. The van der Waals surface area contributed by atoms with Gasteiger partial charge in [-0.15, -0.1) is 0 Å². The number of carbonyl (C=O) groups is 2. The highest BCUT2D eigenvalue weighted by Gasteiger charge is 2.48. The van der Waals surface area contributed by atoms with Crippen LogP contribution in [-0.2, 0) is 14.9 Å². The van der Waals surface area contributed by atoms with E-state index in [1.165, 1.54) is 36.0 Å². The third kappa shape index (κ3) is 4.78. The Morgan fingerprint density at radius 2 is 1.78 bits per heavy atom. The zero-order chi connectivity index (χ0) is 29.2. The van der Waals surface area contributed by atoms with Crippen molar-refractivity contribution >= 4 is 39.3 Å². The van der Waals surface area contributed by atoms with Gasteiger partial charge in [0.1, 0.15) is 26.8 Å². The normalized spacial score (nSPS) is 19.7. The standard InChI is InChI=1S/C32H30FN3O4S/c1-30(2,3)40-29(39)36-18-20(17-31(36,4)28(37)38)19-10-11-22(23(33)16-19)26-34-24-12-13-25(35-27(24)41-26)32(14-15-32)21-8-6-5-7-9-21/h5-13,16-17H,14-15,18H2,1-4H3,(H,37,38)/t31-/m0/s1. The Morgan fingerprint density at radius 1 is 1.05 bits per heavy atom. The van der Waals surface area contributed by atoms with Gasteiger partial charge in [0.25, 0.3) is 0 Å². The van der Waals surface area contributed by atoms with Gasteiger partial charge in [-0.25, -0.2) is 23.9 Å². The van der Waals surface area contributed by atoms with Crippen molar-refractivity contribution in [2.75, 3.05) is 6.54 Å². The molecule has 1 amide bonds. The molecule has 41 heavy (non-hydrogen) atoms. The maximum Gasteiger partial charge on any atom is 0.411 e. The van der Waals surface area contributed by atoms with Crippen LogP contribution in [0.25, 0.3) is 26.5 Å². The summed E-state index contributed by atoms with van der Waals surface area (Å²) in [5.41, 5.74) is 1.84. The van der Waals surface area contributed by atoms with Crippen LogP contribution in [0, 0.1) is 5.82 Å². The van der Waals surface area contributed by atoms with Gasteiger partial charge in [0.2, 0.25) is 0 Å². The lowest BCUT2D eigenvalue weighted by Gasteiger charge is -2.32. The highest BCUT2D eigenvalue weighted by Crippen LogP contribution is 2.53. The van der Waals surface area contributed by atoms with Gasteiger partial charge in [0.15, 0.2) is 5.54 Å². The molecule has 2 aromatic carbocycles. The van der Waals surface area contributed by atoms with E-state index in [0.717, 1.165) is 28.3 Å². The third-order valence-electron chi connectivity index (χ3n) is 7.78. The van der Waals surface area contributed by atoms with Gasteiger partial charge in [-0.2, -0.15) is 0 Å². The molecular formula is C32H30FN3O4S. The predicted molar refractivity (Wildman–Crippen MR) is 156 cm³/mol. The summed E-state index contributed by atoms with van der Waals surface area (Å²) in [6.07, 6.45) is 2.82. The van der Waals surface area contributed by atoms with E-state index < -0.39 is 29.0 Å². The maximum absolute atomic E-state index is 15.5. The molecule has 0 unspecified atom stereocenters. The molecule has 0 spiro atoms. The van der Waals surface area contributed by atoms with Gasteiger partial charge in [-0.05, 0) is 87.6 Å². The second kappa shape index (κ2) is 9.48. The van der Waals surface area contributed by atoms with Gasteiger partial charge in [-0.1, -0.05) is 47.7 Å². The van der Waals surface area contributed by atoms with Crippen LogP contribution in [0.3, 0.4) is 0 Å². The number of benzene rings is 2. The third-order valence-corrected chi connectivity index (χ3v) is 8.78. The van der Waals surface area contributed by atoms with Crippen molar-refractivity contribution in [2.24, 2.45) is 0 Å². The summed E-state index contributed by atoms with van der Waals surface area (Å²) in [4.78, 5) is 36.5. The number of thiazole rings is 1. The number of halogens is 1. The first-order valence-electron chi connectivity index (χ1n) is 13.5. The molecule has 4 aromatic rings. The molecule has 2 aliphatic rings.